The first-order valence-corrected chi connectivity index (χ1v) is 5.68. The number of fused-ring (bicyclic) bond motifs is 1. The molecule has 88 valence electrons. The predicted octanol–water partition coefficient (Wildman–Crippen LogP) is 2.15. The lowest BCUT2D eigenvalue weighted by Gasteiger charge is -2.19. The molecule has 0 atom stereocenters. The van der Waals surface area contributed by atoms with E-state index in [2.05, 4.69) is 0 Å². The van der Waals surface area contributed by atoms with Gasteiger partial charge in [0.15, 0.2) is 0 Å². The van der Waals surface area contributed by atoms with E-state index in [4.69, 9.17) is 5.73 Å². The molecule has 0 saturated carbocycles. The van der Waals surface area contributed by atoms with Gasteiger partial charge in [0, 0.05) is 25.4 Å². The molecule has 0 fully saturated rings. The molecule has 0 heterocycles. The van der Waals surface area contributed by atoms with Gasteiger partial charge in [0.25, 0.3) is 0 Å². The molecule has 0 spiro atoms. The van der Waals surface area contributed by atoms with E-state index >= 15 is 0 Å². The van der Waals surface area contributed by atoms with E-state index < -0.39 is 0 Å². The van der Waals surface area contributed by atoms with E-state index in [0.29, 0.717) is 13.0 Å². The molecular weight excluding hydrogens is 212 g/mol. The Hall–Kier alpha value is -1.87. The Kier molecular flexibility index (Phi) is 3.40. The summed E-state index contributed by atoms with van der Waals surface area (Å²) in [5.41, 5.74) is 6.34. The first-order chi connectivity index (χ1) is 8.24. The van der Waals surface area contributed by atoms with Crippen LogP contribution < -0.4 is 10.6 Å². The highest BCUT2D eigenvalue weighted by atomic mass is 16.2. The van der Waals surface area contributed by atoms with Crippen LogP contribution in [0.5, 0.6) is 0 Å². The molecular formula is C14H16N2O. The fraction of sp³-hybridized carbons (Fsp3) is 0.214. The van der Waals surface area contributed by atoms with Crippen LogP contribution >= 0.6 is 0 Å². The van der Waals surface area contributed by atoms with Crippen LogP contribution in [0.25, 0.3) is 10.8 Å². The van der Waals surface area contributed by atoms with Crippen molar-refractivity contribution in [1.82, 2.24) is 0 Å². The lowest BCUT2D eigenvalue weighted by molar-refractivity contribution is -0.118. The molecule has 0 aliphatic heterocycles. The number of rotatable bonds is 3. The molecule has 3 nitrogen and oxygen atoms in total. The number of carbonyl (C=O) groups is 1. The quantitative estimate of drug-likeness (QED) is 0.875. The third kappa shape index (κ3) is 2.29. The molecule has 0 unspecified atom stereocenters. The van der Waals surface area contributed by atoms with Crippen molar-refractivity contribution in [1.29, 1.82) is 0 Å². The van der Waals surface area contributed by atoms with Crippen molar-refractivity contribution in [3.63, 3.8) is 0 Å². The fourth-order valence-electron chi connectivity index (χ4n) is 1.93. The maximum atomic E-state index is 11.8. The number of nitrogens with two attached hydrogens (primary N) is 1. The van der Waals surface area contributed by atoms with Crippen molar-refractivity contribution in [2.75, 3.05) is 18.5 Å². The second-order valence-electron chi connectivity index (χ2n) is 3.99. The Morgan fingerprint density at radius 1 is 1.18 bits per heavy atom. The van der Waals surface area contributed by atoms with Crippen molar-refractivity contribution >= 4 is 22.4 Å². The Balaban J connectivity index is 2.44. The van der Waals surface area contributed by atoms with Crippen molar-refractivity contribution in [2.24, 2.45) is 5.73 Å². The van der Waals surface area contributed by atoms with Gasteiger partial charge in [0.05, 0.1) is 5.69 Å². The van der Waals surface area contributed by atoms with Crippen LogP contribution in [0.2, 0.25) is 0 Å². The van der Waals surface area contributed by atoms with E-state index in [1.54, 1.807) is 11.9 Å². The maximum absolute atomic E-state index is 11.8. The Morgan fingerprint density at radius 2 is 1.88 bits per heavy atom. The summed E-state index contributed by atoms with van der Waals surface area (Å²) in [5.74, 6) is 0.0452. The molecule has 0 aliphatic rings. The van der Waals surface area contributed by atoms with Crippen LogP contribution in [0.1, 0.15) is 6.42 Å². The average molecular weight is 228 g/mol. The summed E-state index contributed by atoms with van der Waals surface area (Å²) in [7, 11) is 1.79. The first kappa shape index (κ1) is 11.6. The number of benzene rings is 2. The minimum absolute atomic E-state index is 0.0452. The SMILES string of the molecule is CN(C(=O)CCN)c1cccc2ccccc12. The maximum Gasteiger partial charge on any atom is 0.228 e. The van der Waals surface area contributed by atoms with Gasteiger partial charge in [-0.25, -0.2) is 0 Å². The van der Waals surface area contributed by atoms with Crippen LogP contribution in [-0.4, -0.2) is 19.5 Å². The predicted molar refractivity (Wildman–Crippen MR) is 71.0 cm³/mol. The van der Waals surface area contributed by atoms with Crippen molar-refractivity contribution in [3.8, 4) is 0 Å². The third-order valence-corrected chi connectivity index (χ3v) is 2.86. The van der Waals surface area contributed by atoms with Crippen LogP contribution in [0, 0.1) is 0 Å². The van der Waals surface area contributed by atoms with Crippen LogP contribution in [-0.2, 0) is 4.79 Å². The van der Waals surface area contributed by atoms with Crippen LogP contribution in [0.3, 0.4) is 0 Å². The Morgan fingerprint density at radius 3 is 2.65 bits per heavy atom. The number of amides is 1. The summed E-state index contributed by atoms with van der Waals surface area (Å²) >= 11 is 0. The third-order valence-electron chi connectivity index (χ3n) is 2.86. The van der Waals surface area contributed by atoms with E-state index in [1.807, 2.05) is 42.5 Å². The van der Waals surface area contributed by atoms with Gasteiger partial charge in [-0.15, -0.1) is 0 Å². The van der Waals surface area contributed by atoms with E-state index in [9.17, 15) is 4.79 Å². The molecule has 2 aromatic rings. The fourth-order valence-corrected chi connectivity index (χ4v) is 1.93. The highest BCUT2D eigenvalue weighted by molar-refractivity contribution is 6.03. The van der Waals surface area contributed by atoms with Crippen molar-refractivity contribution < 1.29 is 4.79 Å². The summed E-state index contributed by atoms with van der Waals surface area (Å²) < 4.78 is 0. The minimum atomic E-state index is 0.0452. The molecule has 2 aromatic carbocycles. The summed E-state index contributed by atoms with van der Waals surface area (Å²) in [6, 6.07) is 14.0. The van der Waals surface area contributed by atoms with Crippen molar-refractivity contribution in [3.05, 3.63) is 42.5 Å². The summed E-state index contributed by atoms with van der Waals surface area (Å²) in [4.78, 5) is 13.5. The molecule has 2 N–H and O–H groups in total. The van der Waals surface area contributed by atoms with E-state index in [1.165, 1.54) is 0 Å². The summed E-state index contributed by atoms with van der Waals surface area (Å²) in [6.45, 7) is 0.383. The molecule has 0 aliphatic carbocycles. The van der Waals surface area contributed by atoms with Crippen LogP contribution in [0.15, 0.2) is 42.5 Å². The lowest BCUT2D eigenvalue weighted by atomic mass is 10.1. The standard InChI is InChI=1S/C14H16N2O/c1-16(14(17)9-10-15)13-8-4-6-11-5-2-3-7-12(11)13/h2-8H,9-10,15H2,1H3. The highest BCUT2D eigenvalue weighted by Crippen LogP contribution is 2.25. The zero-order valence-corrected chi connectivity index (χ0v) is 9.89. The Bertz CT molecular complexity index is 531. The largest absolute Gasteiger partial charge is 0.330 e. The van der Waals surface area contributed by atoms with Crippen molar-refractivity contribution in [2.45, 2.75) is 6.42 Å². The number of anilines is 1. The van der Waals surface area contributed by atoms with Gasteiger partial charge in [-0.1, -0.05) is 36.4 Å². The molecule has 2 rings (SSSR count). The van der Waals surface area contributed by atoms with Gasteiger partial charge >= 0.3 is 0 Å². The van der Waals surface area contributed by atoms with Gasteiger partial charge in [0.1, 0.15) is 0 Å². The summed E-state index contributed by atoms with van der Waals surface area (Å²) in [5, 5.41) is 2.22. The Labute approximate surface area is 101 Å². The monoisotopic (exact) mass is 228 g/mol. The molecule has 0 saturated heterocycles. The van der Waals surface area contributed by atoms with Gasteiger partial charge in [-0.05, 0) is 11.5 Å². The minimum Gasteiger partial charge on any atom is -0.330 e. The van der Waals surface area contributed by atoms with Gasteiger partial charge in [-0.2, -0.15) is 0 Å². The van der Waals surface area contributed by atoms with Gasteiger partial charge in [0.2, 0.25) is 5.91 Å². The lowest BCUT2D eigenvalue weighted by Crippen LogP contribution is -2.28. The number of hydrogen-bond donors (Lipinski definition) is 1. The molecule has 0 bridgehead atoms. The molecule has 1 amide bonds. The topological polar surface area (TPSA) is 46.3 Å². The van der Waals surface area contributed by atoms with E-state index in [0.717, 1.165) is 16.5 Å². The number of hydrogen-bond acceptors (Lipinski definition) is 2. The summed E-state index contributed by atoms with van der Waals surface area (Å²) in [6.07, 6.45) is 0.375. The highest BCUT2D eigenvalue weighted by Gasteiger charge is 2.11. The molecule has 0 radical (unpaired) electrons. The van der Waals surface area contributed by atoms with Gasteiger partial charge in [-0.3, -0.25) is 4.79 Å². The zero-order valence-electron chi connectivity index (χ0n) is 9.89. The molecule has 17 heavy (non-hydrogen) atoms. The normalized spacial score (nSPS) is 10.5. The molecule has 0 aromatic heterocycles. The second kappa shape index (κ2) is 4.97. The molecule has 3 heteroatoms. The van der Waals surface area contributed by atoms with Crippen LogP contribution in [0.4, 0.5) is 5.69 Å². The zero-order chi connectivity index (χ0) is 12.3. The first-order valence-electron chi connectivity index (χ1n) is 5.68. The van der Waals surface area contributed by atoms with E-state index in [-0.39, 0.29) is 5.91 Å². The van der Waals surface area contributed by atoms with Gasteiger partial charge < -0.3 is 10.6 Å². The number of carbonyl (C=O) groups excluding carboxylic acids is 1. The smallest absolute Gasteiger partial charge is 0.228 e. The number of nitrogens with zero attached hydrogens (tertiary/aromatic N) is 1. The average Bonchev–Trinajstić information content (AvgIpc) is 2.37. The second-order valence-corrected chi connectivity index (χ2v) is 3.99.